The van der Waals surface area contributed by atoms with Crippen molar-refractivity contribution in [3.63, 3.8) is 0 Å². The number of benzene rings is 1. The summed E-state index contributed by atoms with van der Waals surface area (Å²) in [5.41, 5.74) is 1.23. The minimum Gasteiger partial charge on any atom is -0.320 e. The molecule has 3 nitrogen and oxygen atoms in total. The van der Waals surface area contributed by atoms with Crippen molar-refractivity contribution in [3.8, 4) is 10.6 Å². The summed E-state index contributed by atoms with van der Waals surface area (Å²) in [7, 11) is 2.04. The second kappa shape index (κ2) is 7.86. The van der Waals surface area contributed by atoms with Crippen LogP contribution in [-0.2, 0) is 6.54 Å². The third kappa shape index (κ3) is 4.15. The molecule has 1 fully saturated rings. The number of nitrogens with one attached hydrogen (secondary N) is 1. The quantitative estimate of drug-likeness (QED) is 0.882. The number of rotatable bonds is 6. The highest BCUT2D eigenvalue weighted by Crippen LogP contribution is 2.27. The van der Waals surface area contributed by atoms with E-state index in [0.717, 1.165) is 24.0 Å². The molecule has 1 saturated heterocycles. The highest BCUT2D eigenvalue weighted by molar-refractivity contribution is 7.15. The molecule has 4 heteroatoms. The van der Waals surface area contributed by atoms with E-state index in [0.29, 0.717) is 0 Å². The van der Waals surface area contributed by atoms with Crippen LogP contribution in [0.1, 0.15) is 24.1 Å². The fraction of sp³-hybridized carbons (Fsp3) is 0.500. The lowest BCUT2D eigenvalue weighted by molar-refractivity contribution is 0.173. The number of hydrogen-bond donors (Lipinski definition) is 1. The van der Waals surface area contributed by atoms with E-state index in [1.807, 2.05) is 18.4 Å². The monoisotopic (exact) mass is 315 g/mol. The predicted octanol–water partition coefficient (Wildman–Crippen LogP) is 3.63. The van der Waals surface area contributed by atoms with Crippen LogP contribution in [0.2, 0.25) is 0 Å². The van der Waals surface area contributed by atoms with Crippen LogP contribution in [0, 0.1) is 5.92 Å². The van der Waals surface area contributed by atoms with E-state index in [1.165, 1.54) is 42.8 Å². The van der Waals surface area contributed by atoms with Gasteiger partial charge < -0.3 is 5.32 Å². The first-order chi connectivity index (χ1) is 10.8. The molecule has 22 heavy (non-hydrogen) atoms. The lowest BCUT2D eigenvalue weighted by Gasteiger charge is -2.31. The highest BCUT2D eigenvalue weighted by Gasteiger charge is 2.19. The van der Waals surface area contributed by atoms with E-state index in [9.17, 15) is 0 Å². The third-order valence-corrected chi connectivity index (χ3v) is 5.49. The van der Waals surface area contributed by atoms with Crippen molar-refractivity contribution in [2.24, 2.45) is 5.92 Å². The van der Waals surface area contributed by atoms with Gasteiger partial charge in [-0.15, -0.1) is 11.3 Å². The normalized spacial score (nSPS) is 17.0. The molecule has 0 aliphatic carbocycles. The van der Waals surface area contributed by atoms with Crippen molar-refractivity contribution >= 4 is 11.3 Å². The van der Waals surface area contributed by atoms with E-state index in [1.54, 1.807) is 0 Å². The number of aromatic nitrogens is 1. The van der Waals surface area contributed by atoms with Gasteiger partial charge in [0.2, 0.25) is 0 Å². The third-order valence-electron chi connectivity index (χ3n) is 4.46. The molecule has 0 amide bonds. The van der Waals surface area contributed by atoms with Crippen molar-refractivity contribution < 1.29 is 0 Å². The van der Waals surface area contributed by atoms with Crippen LogP contribution in [0.5, 0.6) is 0 Å². The summed E-state index contributed by atoms with van der Waals surface area (Å²) in [5, 5.41) is 4.40. The van der Waals surface area contributed by atoms with Crippen LogP contribution in [0.4, 0.5) is 0 Å². The largest absolute Gasteiger partial charge is 0.320 e. The standard InChI is InChI=1S/C18H25N3S/c1-19-10-7-15-8-11-21(12-9-15)14-17-13-20-18(22-17)16-5-3-2-4-6-16/h2-6,13,15,19H,7-12,14H2,1H3. The summed E-state index contributed by atoms with van der Waals surface area (Å²) in [6.07, 6.45) is 6.06. The topological polar surface area (TPSA) is 28.2 Å². The smallest absolute Gasteiger partial charge is 0.123 e. The average molecular weight is 315 g/mol. The van der Waals surface area contributed by atoms with Crippen LogP contribution in [0.25, 0.3) is 10.6 Å². The maximum Gasteiger partial charge on any atom is 0.123 e. The Morgan fingerprint density at radius 1 is 1.23 bits per heavy atom. The van der Waals surface area contributed by atoms with Gasteiger partial charge in [-0.25, -0.2) is 4.98 Å². The Morgan fingerprint density at radius 2 is 2.00 bits per heavy atom. The molecule has 1 aromatic heterocycles. The Labute approximate surface area is 137 Å². The van der Waals surface area contributed by atoms with Gasteiger partial charge in [0.15, 0.2) is 0 Å². The first-order valence-electron chi connectivity index (χ1n) is 8.22. The van der Waals surface area contributed by atoms with Gasteiger partial charge in [0.1, 0.15) is 5.01 Å². The minimum atomic E-state index is 0.907. The number of thiazole rings is 1. The summed E-state index contributed by atoms with van der Waals surface area (Å²) in [6.45, 7) is 4.67. The van der Waals surface area contributed by atoms with Gasteiger partial charge >= 0.3 is 0 Å². The number of likely N-dealkylation sites (tertiary alicyclic amines) is 1. The van der Waals surface area contributed by atoms with Crippen molar-refractivity contribution in [3.05, 3.63) is 41.4 Å². The van der Waals surface area contributed by atoms with Gasteiger partial charge in [-0.1, -0.05) is 30.3 Å². The van der Waals surface area contributed by atoms with Crippen molar-refractivity contribution in [2.45, 2.75) is 25.8 Å². The van der Waals surface area contributed by atoms with Crippen LogP contribution in [0.15, 0.2) is 36.5 Å². The molecular weight excluding hydrogens is 290 g/mol. The number of hydrogen-bond acceptors (Lipinski definition) is 4. The minimum absolute atomic E-state index is 0.907. The maximum atomic E-state index is 4.59. The van der Waals surface area contributed by atoms with E-state index in [4.69, 9.17) is 0 Å². The summed E-state index contributed by atoms with van der Waals surface area (Å²) < 4.78 is 0. The lowest BCUT2D eigenvalue weighted by atomic mass is 9.93. The Morgan fingerprint density at radius 3 is 2.73 bits per heavy atom. The predicted molar refractivity (Wildman–Crippen MR) is 94.1 cm³/mol. The van der Waals surface area contributed by atoms with Crippen molar-refractivity contribution in [1.29, 1.82) is 0 Å². The molecule has 3 rings (SSSR count). The van der Waals surface area contributed by atoms with Gasteiger partial charge in [0, 0.05) is 23.2 Å². The Balaban J connectivity index is 1.51. The molecule has 1 aromatic carbocycles. The van der Waals surface area contributed by atoms with Gasteiger partial charge in [-0.2, -0.15) is 0 Å². The van der Waals surface area contributed by atoms with Gasteiger partial charge in [0.25, 0.3) is 0 Å². The molecular formula is C18H25N3S. The summed E-state index contributed by atoms with van der Waals surface area (Å²) >= 11 is 1.83. The molecule has 2 heterocycles. The fourth-order valence-electron chi connectivity index (χ4n) is 3.10. The fourth-order valence-corrected chi connectivity index (χ4v) is 4.06. The van der Waals surface area contributed by atoms with E-state index < -0.39 is 0 Å². The maximum absolute atomic E-state index is 4.59. The van der Waals surface area contributed by atoms with E-state index in [-0.39, 0.29) is 0 Å². The molecule has 118 valence electrons. The van der Waals surface area contributed by atoms with Gasteiger partial charge in [0.05, 0.1) is 0 Å². The molecule has 1 aliphatic heterocycles. The first kappa shape index (κ1) is 15.7. The molecule has 0 unspecified atom stereocenters. The molecule has 0 atom stereocenters. The van der Waals surface area contributed by atoms with Crippen LogP contribution in [-0.4, -0.2) is 36.6 Å². The summed E-state index contributed by atoms with van der Waals surface area (Å²) in [4.78, 5) is 8.55. The van der Waals surface area contributed by atoms with Crippen molar-refractivity contribution in [2.75, 3.05) is 26.7 Å². The zero-order valence-electron chi connectivity index (χ0n) is 13.3. The molecule has 0 saturated carbocycles. The first-order valence-corrected chi connectivity index (χ1v) is 9.04. The number of nitrogens with zero attached hydrogens (tertiary/aromatic N) is 2. The Hall–Kier alpha value is -1.23. The van der Waals surface area contributed by atoms with Crippen molar-refractivity contribution in [1.82, 2.24) is 15.2 Å². The Kier molecular flexibility index (Phi) is 5.59. The van der Waals surface area contributed by atoms with E-state index >= 15 is 0 Å². The summed E-state index contributed by atoms with van der Waals surface area (Å²) in [6, 6.07) is 10.5. The van der Waals surface area contributed by atoms with Gasteiger partial charge in [-0.05, 0) is 51.9 Å². The lowest BCUT2D eigenvalue weighted by Crippen LogP contribution is -2.33. The van der Waals surface area contributed by atoms with E-state index in [2.05, 4.69) is 51.7 Å². The van der Waals surface area contributed by atoms with Crippen LogP contribution >= 0.6 is 11.3 Å². The Bertz CT molecular complexity index is 559. The highest BCUT2D eigenvalue weighted by atomic mass is 32.1. The zero-order chi connectivity index (χ0) is 15.2. The molecule has 1 N–H and O–H groups in total. The molecule has 0 spiro atoms. The molecule has 0 bridgehead atoms. The molecule has 1 aliphatic rings. The SMILES string of the molecule is CNCCC1CCN(Cc2cnc(-c3ccccc3)s2)CC1. The second-order valence-corrected chi connectivity index (χ2v) is 7.22. The van der Waals surface area contributed by atoms with Crippen LogP contribution in [0.3, 0.4) is 0 Å². The average Bonchev–Trinajstić information content (AvgIpc) is 3.04. The van der Waals surface area contributed by atoms with Crippen LogP contribution < -0.4 is 5.32 Å². The number of piperidine rings is 1. The zero-order valence-corrected chi connectivity index (χ0v) is 14.1. The van der Waals surface area contributed by atoms with Gasteiger partial charge in [-0.3, -0.25) is 4.90 Å². The molecule has 2 aromatic rings. The summed E-state index contributed by atoms with van der Waals surface area (Å²) in [5.74, 6) is 0.907. The second-order valence-electron chi connectivity index (χ2n) is 6.11. The molecule has 0 radical (unpaired) electrons.